The number of aliphatic imine (C=N–C) groups is 6. The minimum absolute atomic E-state index is 0.00955. The topological polar surface area (TPSA) is 82.3 Å². The fourth-order valence-corrected chi connectivity index (χ4v) is 13.1. The van der Waals surface area contributed by atoms with Gasteiger partial charge in [-0.1, -0.05) is 0 Å². The average Bonchev–Trinajstić information content (AvgIpc) is 3.74. The number of fused-ring (bicyclic) bond motifs is 14. The van der Waals surface area contributed by atoms with Crippen LogP contribution in [0.25, 0.3) is 10.8 Å². The van der Waals surface area contributed by atoms with Crippen LogP contribution >= 0.6 is 9.64 Å². The molecular formula is C32H20ClGaN8. The molecule has 3 aromatic rings. The quantitative estimate of drug-likeness (QED) is 0.290. The fraction of sp³-hybridized carbons (Fsp3) is 0.125. The van der Waals surface area contributed by atoms with Gasteiger partial charge >= 0.3 is 252 Å². The molecule has 7 aliphatic rings. The summed E-state index contributed by atoms with van der Waals surface area (Å²) in [5.74, 6) is 6.17. The van der Waals surface area contributed by atoms with E-state index >= 15 is 0 Å². The molecule has 8 nitrogen and oxygen atoms in total. The van der Waals surface area contributed by atoms with Crippen LogP contribution in [0, 0.1) is 23.7 Å². The van der Waals surface area contributed by atoms with Crippen LogP contribution in [-0.4, -0.2) is 57.6 Å². The van der Waals surface area contributed by atoms with Gasteiger partial charge < -0.3 is 0 Å². The maximum atomic E-state index is 7.84. The molecule has 0 saturated carbocycles. The van der Waals surface area contributed by atoms with Crippen molar-refractivity contribution < 1.29 is 0 Å². The second-order valence-electron chi connectivity index (χ2n) is 11.2. The molecule has 5 aliphatic heterocycles. The summed E-state index contributed by atoms with van der Waals surface area (Å²) >= 11 is -3.32. The van der Waals surface area contributed by atoms with Gasteiger partial charge in [-0.25, -0.2) is 0 Å². The van der Waals surface area contributed by atoms with Gasteiger partial charge in [0.15, 0.2) is 0 Å². The third-order valence-electron chi connectivity index (χ3n) is 8.98. The van der Waals surface area contributed by atoms with E-state index in [2.05, 4.69) is 79.8 Å². The van der Waals surface area contributed by atoms with Crippen molar-refractivity contribution in [1.82, 2.24) is 6.88 Å². The number of halogens is 1. The van der Waals surface area contributed by atoms with E-state index < -0.39 is 15.7 Å². The molecule has 10 rings (SSSR count). The van der Waals surface area contributed by atoms with Crippen LogP contribution in [0.2, 0.25) is 0 Å². The van der Waals surface area contributed by atoms with Crippen LogP contribution in [0.1, 0.15) is 11.1 Å². The zero-order valence-corrected chi connectivity index (χ0v) is 25.3. The molecule has 0 N–H and O–H groups in total. The molecule has 42 heavy (non-hydrogen) atoms. The van der Waals surface area contributed by atoms with Crippen molar-refractivity contribution in [2.24, 2.45) is 53.6 Å². The summed E-state index contributed by atoms with van der Waals surface area (Å²) in [5.41, 5.74) is 1.94. The number of allylic oxidation sites excluding steroid dienone is 4. The van der Waals surface area contributed by atoms with Gasteiger partial charge in [-0.3, -0.25) is 0 Å². The van der Waals surface area contributed by atoms with E-state index in [-0.39, 0.29) is 23.7 Å². The van der Waals surface area contributed by atoms with E-state index in [9.17, 15) is 0 Å². The summed E-state index contributed by atoms with van der Waals surface area (Å²) in [6, 6.07) is 16.5. The van der Waals surface area contributed by atoms with Crippen molar-refractivity contribution in [2.45, 2.75) is 0 Å². The molecule has 2 aromatic carbocycles. The molecule has 1 fully saturated rings. The van der Waals surface area contributed by atoms with Crippen LogP contribution < -0.4 is 0 Å². The molecule has 1 aromatic heterocycles. The monoisotopic (exact) mass is 620 g/mol. The van der Waals surface area contributed by atoms with Gasteiger partial charge in [0.05, 0.1) is 0 Å². The molecule has 1 saturated heterocycles. The van der Waals surface area contributed by atoms with Gasteiger partial charge in [0.25, 0.3) is 0 Å². The van der Waals surface area contributed by atoms with Crippen molar-refractivity contribution in [3.05, 3.63) is 108 Å². The summed E-state index contributed by atoms with van der Waals surface area (Å²) in [5, 5.41) is 1.99. The van der Waals surface area contributed by atoms with Crippen molar-refractivity contribution in [3.63, 3.8) is 0 Å². The van der Waals surface area contributed by atoms with Crippen LogP contribution in [-0.2, 0) is 0 Å². The van der Waals surface area contributed by atoms with Gasteiger partial charge in [-0.15, -0.1) is 0 Å². The van der Waals surface area contributed by atoms with Crippen LogP contribution in [0.4, 0.5) is 11.6 Å². The molecule has 0 radical (unpaired) electrons. The van der Waals surface area contributed by atoms with Gasteiger partial charge in [-0.2, -0.15) is 0 Å². The van der Waals surface area contributed by atoms with Crippen LogP contribution in [0.5, 0.6) is 0 Å². The third-order valence-corrected chi connectivity index (χ3v) is 14.9. The molecule has 10 heteroatoms. The first-order valence-electron chi connectivity index (χ1n) is 14.1. The normalized spacial score (nSPS) is 27.1. The Morgan fingerprint density at radius 3 is 1.74 bits per heavy atom. The first-order chi connectivity index (χ1) is 20.7. The number of hydrogen-bond donors (Lipinski definition) is 0. The van der Waals surface area contributed by atoms with E-state index in [0.29, 0.717) is 11.7 Å². The standard InChI is InChI=1S/C32H20N8.ClH.Ga/c1-2-10-18-17(9-1)25-33-26(18)38-28-21-13-5-6-14-22(21)30(35-28)40-32-24-16-8-7-15-23(24)31(36-32)39-29-20-12-4-3-11-19(20)27(34-29)37-25;;/h1-20H;1H;/q-2;;+3/p-1. The predicted molar refractivity (Wildman–Crippen MR) is 170 cm³/mol. The number of rotatable bonds is 0. The van der Waals surface area contributed by atoms with E-state index in [1.807, 2.05) is 24.3 Å². The van der Waals surface area contributed by atoms with Crippen molar-refractivity contribution >= 4 is 82.8 Å². The van der Waals surface area contributed by atoms with E-state index in [4.69, 9.17) is 39.6 Å². The van der Waals surface area contributed by atoms with Gasteiger partial charge in [-0.05, 0) is 0 Å². The van der Waals surface area contributed by atoms with Crippen molar-refractivity contribution in [1.29, 1.82) is 0 Å². The molecule has 4 atom stereocenters. The van der Waals surface area contributed by atoms with E-state index in [0.717, 1.165) is 56.9 Å². The molecule has 198 valence electrons. The number of benzene rings is 2. The number of nitrogens with zero attached hydrogens (tertiary/aromatic N) is 8. The summed E-state index contributed by atoms with van der Waals surface area (Å²) in [6.07, 6.45) is 17.1. The van der Waals surface area contributed by atoms with E-state index in [1.165, 1.54) is 0 Å². The molecule has 0 spiro atoms. The Kier molecular flexibility index (Phi) is 4.64. The zero-order valence-electron chi connectivity index (χ0n) is 22.1. The minimum atomic E-state index is -3.32. The molecule has 6 bridgehead atoms. The third kappa shape index (κ3) is 3.00. The van der Waals surface area contributed by atoms with Crippen LogP contribution in [0.3, 0.4) is 0 Å². The second-order valence-corrected chi connectivity index (χ2v) is 16.7. The summed E-state index contributed by atoms with van der Waals surface area (Å²) in [6.45, 7) is 0. The Morgan fingerprint density at radius 2 is 1.07 bits per heavy atom. The Labute approximate surface area is 250 Å². The van der Waals surface area contributed by atoms with Crippen molar-refractivity contribution in [3.8, 4) is 0 Å². The molecule has 6 heterocycles. The molecule has 0 amide bonds. The SMILES string of the molecule is [Cl][Ga]1[N]2C3=NC4=NC(=Nc5c6ccccc6c([n]51)N=C1N=C(N=C2C2C=CC=CC32)C2C=CC=CC12)c1ccccc14. The Balaban J connectivity index is 1.38. The summed E-state index contributed by atoms with van der Waals surface area (Å²) in [4.78, 5) is 31.3. The second kappa shape index (κ2) is 8.38. The zero-order chi connectivity index (χ0) is 27.5. The summed E-state index contributed by atoms with van der Waals surface area (Å²) < 4.78 is 4.45. The van der Waals surface area contributed by atoms with Gasteiger partial charge in [0.1, 0.15) is 0 Å². The Hall–Kier alpha value is -4.31. The Bertz CT molecular complexity index is 2100. The van der Waals surface area contributed by atoms with Gasteiger partial charge in [0, 0.05) is 0 Å². The maximum absolute atomic E-state index is 7.84. The van der Waals surface area contributed by atoms with E-state index in [1.54, 1.807) is 0 Å². The first kappa shape index (κ1) is 23.3. The van der Waals surface area contributed by atoms with Crippen LogP contribution in [0.15, 0.2) is 127 Å². The number of amidine groups is 6. The predicted octanol–water partition coefficient (Wildman–Crippen LogP) is 5.85. The molecule has 4 unspecified atom stereocenters. The van der Waals surface area contributed by atoms with Crippen molar-refractivity contribution in [2.75, 3.05) is 0 Å². The average molecular weight is 622 g/mol. The molecular weight excluding hydrogens is 602 g/mol. The Morgan fingerprint density at radius 1 is 0.548 bits per heavy atom. The fourth-order valence-electron chi connectivity index (χ4n) is 7.06. The number of hydrogen-bond acceptors (Lipinski definition) is 7. The molecule has 2 aliphatic carbocycles. The first-order valence-corrected chi connectivity index (χ1v) is 19.5. The summed E-state index contributed by atoms with van der Waals surface area (Å²) in [7, 11) is 7.84. The number of aromatic nitrogens is 1. The van der Waals surface area contributed by atoms with Gasteiger partial charge in [0.2, 0.25) is 0 Å².